The highest BCUT2D eigenvalue weighted by atomic mass is 32.1. The molecule has 0 fully saturated rings. The number of aliphatic hydroxyl groups excluding tert-OH is 1. The largest absolute Gasteiger partial charge is 0.396 e. The summed E-state index contributed by atoms with van der Waals surface area (Å²) in [5.74, 6) is 0.0377. The summed E-state index contributed by atoms with van der Waals surface area (Å²) in [6, 6.07) is 4.08. The van der Waals surface area contributed by atoms with Crippen LogP contribution in [-0.4, -0.2) is 42.2 Å². The number of nitrogens with one attached hydrogen (secondary N) is 1. The molecule has 1 amide bonds. The van der Waals surface area contributed by atoms with Crippen LogP contribution >= 0.6 is 11.3 Å². The van der Waals surface area contributed by atoms with E-state index < -0.39 is 0 Å². The van der Waals surface area contributed by atoms with Crippen molar-refractivity contribution in [2.75, 3.05) is 26.2 Å². The monoisotopic (exact) mass is 270 g/mol. The quantitative estimate of drug-likeness (QED) is 0.755. The first-order valence-electron chi connectivity index (χ1n) is 6.33. The highest BCUT2D eigenvalue weighted by molar-refractivity contribution is 7.10. The Kier molecular flexibility index (Phi) is 6.93. The van der Waals surface area contributed by atoms with Gasteiger partial charge in [-0.1, -0.05) is 13.0 Å². The minimum Gasteiger partial charge on any atom is -0.396 e. The van der Waals surface area contributed by atoms with Crippen molar-refractivity contribution in [1.82, 2.24) is 10.2 Å². The second-order valence-corrected chi connectivity index (χ2v) is 5.23. The molecule has 1 unspecified atom stereocenters. The van der Waals surface area contributed by atoms with Crippen molar-refractivity contribution in [1.29, 1.82) is 0 Å². The van der Waals surface area contributed by atoms with Gasteiger partial charge in [0.05, 0.1) is 12.6 Å². The van der Waals surface area contributed by atoms with E-state index in [0.29, 0.717) is 13.0 Å². The summed E-state index contributed by atoms with van der Waals surface area (Å²) in [7, 11) is 0. The van der Waals surface area contributed by atoms with E-state index in [1.54, 1.807) is 11.3 Å². The topological polar surface area (TPSA) is 52.6 Å². The number of carbonyl (C=O) groups excluding carboxylic acids is 1. The van der Waals surface area contributed by atoms with Crippen LogP contribution in [0.15, 0.2) is 17.5 Å². The Morgan fingerprint density at radius 2 is 2.39 bits per heavy atom. The van der Waals surface area contributed by atoms with Crippen LogP contribution in [0, 0.1) is 0 Å². The van der Waals surface area contributed by atoms with Gasteiger partial charge in [0.25, 0.3) is 0 Å². The van der Waals surface area contributed by atoms with Gasteiger partial charge >= 0.3 is 0 Å². The molecule has 0 aromatic carbocycles. The SMILES string of the molecule is CCN(CCCO)CC(=O)NC(C)c1cccs1. The first-order valence-corrected chi connectivity index (χ1v) is 7.21. The van der Waals surface area contributed by atoms with Crippen molar-refractivity contribution >= 4 is 17.2 Å². The summed E-state index contributed by atoms with van der Waals surface area (Å²) in [5.41, 5.74) is 0. The number of aliphatic hydroxyl groups is 1. The summed E-state index contributed by atoms with van der Waals surface area (Å²) < 4.78 is 0. The molecule has 18 heavy (non-hydrogen) atoms. The van der Waals surface area contributed by atoms with Crippen molar-refractivity contribution in [2.45, 2.75) is 26.3 Å². The normalized spacial score (nSPS) is 12.7. The Balaban J connectivity index is 2.35. The molecule has 4 nitrogen and oxygen atoms in total. The Labute approximate surface area is 113 Å². The van der Waals surface area contributed by atoms with Crippen molar-refractivity contribution in [2.24, 2.45) is 0 Å². The molecule has 1 atom stereocenters. The highest BCUT2D eigenvalue weighted by Crippen LogP contribution is 2.17. The molecule has 2 N–H and O–H groups in total. The summed E-state index contributed by atoms with van der Waals surface area (Å²) >= 11 is 1.65. The first kappa shape index (κ1) is 15.1. The lowest BCUT2D eigenvalue weighted by atomic mass is 10.2. The molecule has 1 rings (SSSR count). The molecular weight excluding hydrogens is 248 g/mol. The van der Waals surface area contributed by atoms with Gasteiger partial charge < -0.3 is 10.4 Å². The number of carbonyl (C=O) groups is 1. The van der Waals surface area contributed by atoms with E-state index in [1.165, 1.54) is 4.88 Å². The van der Waals surface area contributed by atoms with Gasteiger partial charge in [-0.05, 0) is 31.3 Å². The zero-order valence-electron chi connectivity index (χ0n) is 11.1. The zero-order valence-corrected chi connectivity index (χ0v) is 11.9. The second kappa shape index (κ2) is 8.24. The molecule has 0 aliphatic carbocycles. The summed E-state index contributed by atoms with van der Waals surface area (Å²) in [5, 5.41) is 13.8. The average molecular weight is 270 g/mol. The zero-order chi connectivity index (χ0) is 13.4. The molecule has 0 saturated carbocycles. The Morgan fingerprint density at radius 1 is 1.61 bits per heavy atom. The molecule has 1 heterocycles. The third kappa shape index (κ3) is 5.16. The van der Waals surface area contributed by atoms with E-state index in [9.17, 15) is 4.79 Å². The van der Waals surface area contributed by atoms with E-state index in [4.69, 9.17) is 5.11 Å². The van der Waals surface area contributed by atoms with Crippen LogP contribution in [-0.2, 0) is 4.79 Å². The minimum absolute atomic E-state index is 0.0377. The number of hydrogen-bond donors (Lipinski definition) is 2. The lowest BCUT2D eigenvalue weighted by Crippen LogP contribution is -2.38. The van der Waals surface area contributed by atoms with E-state index in [0.717, 1.165) is 13.1 Å². The van der Waals surface area contributed by atoms with E-state index in [-0.39, 0.29) is 18.6 Å². The summed E-state index contributed by atoms with van der Waals surface area (Å²) in [6.07, 6.45) is 0.710. The maximum atomic E-state index is 11.9. The number of thiophene rings is 1. The van der Waals surface area contributed by atoms with E-state index in [1.807, 2.05) is 36.3 Å². The van der Waals surface area contributed by atoms with Crippen LogP contribution in [0.4, 0.5) is 0 Å². The standard InChI is InChI=1S/C13H22N2O2S/c1-3-15(7-5-8-16)10-13(17)14-11(2)12-6-4-9-18-12/h4,6,9,11,16H,3,5,7-8,10H2,1-2H3,(H,14,17). The lowest BCUT2D eigenvalue weighted by Gasteiger charge is -2.20. The van der Waals surface area contributed by atoms with Crippen LogP contribution in [0.25, 0.3) is 0 Å². The van der Waals surface area contributed by atoms with Crippen LogP contribution in [0.3, 0.4) is 0 Å². The maximum absolute atomic E-state index is 11.9. The molecule has 0 saturated heterocycles. The fraction of sp³-hybridized carbons (Fsp3) is 0.615. The molecule has 0 aliphatic heterocycles. The fourth-order valence-electron chi connectivity index (χ4n) is 1.74. The van der Waals surface area contributed by atoms with Gasteiger partial charge in [-0.15, -0.1) is 11.3 Å². The average Bonchev–Trinajstić information content (AvgIpc) is 2.88. The van der Waals surface area contributed by atoms with Gasteiger partial charge in [-0.25, -0.2) is 0 Å². The first-order chi connectivity index (χ1) is 8.67. The van der Waals surface area contributed by atoms with Crippen LogP contribution in [0.5, 0.6) is 0 Å². The van der Waals surface area contributed by atoms with Crippen molar-refractivity contribution in [3.63, 3.8) is 0 Å². The van der Waals surface area contributed by atoms with Crippen LogP contribution < -0.4 is 5.32 Å². The molecule has 0 aliphatic rings. The van der Waals surface area contributed by atoms with Crippen LogP contribution in [0.1, 0.15) is 31.2 Å². The van der Waals surface area contributed by atoms with E-state index >= 15 is 0 Å². The number of rotatable bonds is 8. The minimum atomic E-state index is 0.0377. The molecule has 0 spiro atoms. The smallest absolute Gasteiger partial charge is 0.234 e. The highest BCUT2D eigenvalue weighted by Gasteiger charge is 2.13. The molecular formula is C13H22N2O2S. The van der Waals surface area contributed by atoms with Gasteiger partial charge in [-0.3, -0.25) is 9.69 Å². The third-order valence-corrected chi connectivity index (χ3v) is 3.85. The van der Waals surface area contributed by atoms with Gasteiger partial charge in [0.1, 0.15) is 0 Å². The Bertz CT molecular complexity index is 341. The Hall–Kier alpha value is -0.910. The Morgan fingerprint density at radius 3 is 2.94 bits per heavy atom. The molecule has 5 heteroatoms. The van der Waals surface area contributed by atoms with Gasteiger partial charge in [0.15, 0.2) is 0 Å². The number of amides is 1. The van der Waals surface area contributed by atoms with Crippen molar-refractivity contribution in [3.8, 4) is 0 Å². The number of nitrogens with zero attached hydrogens (tertiary/aromatic N) is 1. The summed E-state index contributed by atoms with van der Waals surface area (Å²) in [4.78, 5) is 15.1. The van der Waals surface area contributed by atoms with E-state index in [2.05, 4.69) is 5.32 Å². The molecule has 102 valence electrons. The van der Waals surface area contributed by atoms with Crippen molar-refractivity contribution < 1.29 is 9.90 Å². The maximum Gasteiger partial charge on any atom is 0.234 e. The van der Waals surface area contributed by atoms with Crippen molar-refractivity contribution in [3.05, 3.63) is 22.4 Å². The second-order valence-electron chi connectivity index (χ2n) is 4.25. The summed E-state index contributed by atoms with van der Waals surface area (Å²) in [6.45, 7) is 6.16. The lowest BCUT2D eigenvalue weighted by molar-refractivity contribution is -0.122. The molecule has 0 bridgehead atoms. The molecule has 0 radical (unpaired) electrons. The molecule has 1 aromatic rings. The van der Waals surface area contributed by atoms with Gasteiger partial charge in [0.2, 0.25) is 5.91 Å². The predicted molar refractivity (Wildman–Crippen MR) is 74.7 cm³/mol. The third-order valence-electron chi connectivity index (χ3n) is 2.79. The van der Waals surface area contributed by atoms with Gasteiger partial charge in [-0.2, -0.15) is 0 Å². The van der Waals surface area contributed by atoms with Crippen LogP contribution in [0.2, 0.25) is 0 Å². The predicted octanol–water partition coefficient (Wildman–Crippen LogP) is 1.63. The number of likely N-dealkylation sites (N-methyl/N-ethyl adjacent to an activating group) is 1. The van der Waals surface area contributed by atoms with Gasteiger partial charge in [0, 0.05) is 18.0 Å². The fourth-order valence-corrected chi connectivity index (χ4v) is 2.48. The number of hydrogen-bond acceptors (Lipinski definition) is 4. The molecule has 1 aromatic heterocycles.